The average Bonchev–Trinajstić information content (AvgIpc) is 2.81. The van der Waals surface area contributed by atoms with Crippen LogP contribution in [0.2, 0.25) is 0 Å². The Morgan fingerprint density at radius 2 is 2.00 bits per heavy atom. The SMILES string of the molecule is N[C@@H](Cc1ccccc1)C(=O)N1CC(O)CC1C(=O)O. The highest BCUT2D eigenvalue weighted by Crippen LogP contribution is 2.19. The summed E-state index contributed by atoms with van der Waals surface area (Å²) in [5.74, 6) is -1.54. The van der Waals surface area contributed by atoms with Crippen LogP contribution in [0.15, 0.2) is 30.3 Å². The summed E-state index contributed by atoms with van der Waals surface area (Å²) in [5.41, 5.74) is 6.79. The van der Waals surface area contributed by atoms with Crippen molar-refractivity contribution in [2.24, 2.45) is 5.73 Å². The molecule has 1 aliphatic rings. The number of likely N-dealkylation sites (tertiary alicyclic amines) is 1. The molecule has 0 spiro atoms. The molecule has 1 aliphatic heterocycles. The molecule has 20 heavy (non-hydrogen) atoms. The lowest BCUT2D eigenvalue weighted by atomic mass is 10.1. The highest BCUT2D eigenvalue weighted by Gasteiger charge is 2.40. The zero-order valence-electron chi connectivity index (χ0n) is 11.0. The molecule has 0 bridgehead atoms. The van der Waals surface area contributed by atoms with Crippen LogP contribution in [0.4, 0.5) is 0 Å². The number of carbonyl (C=O) groups excluding carboxylic acids is 1. The number of aliphatic hydroxyl groups excluding tert-OH is 1. The van der Waals surface area contributed by atoms with Crippen LogP contribution in [0.1, 0.15) is 12.0 Å². The van der Waals surface area contributed by atoms with Gasteiger partial charge in [0, 0.05) is 13.0 Å². The Morgan fingerprint density at radius 3 is 2.60 bits per heavy atom. The lowest BCUT2D eigenvalue weighted by Gasteiger charge is -2.24. The summed E-state index contributed by atoms with van der Waals surface area (Å²) >= 11 is 0. The molecule has 0 radical (unpaired) electrons. The molecular formula is C14H18N2O4. The Bertz CT molecular complexity index is 491. The molecule has 1 aromatic rings. The molecular weight excluding hydrogens is 260 g/mol. The average molecular weight is 278 g/mol. The van der Waals surface area contributed by atoms with Crippen molar-refractivity contribution in [3.63, 3.8) is 0 Å². The van der Waals surface area contributed by atoms with Crippen molar-refractivity contribution in [2.75, 3.05) is 6.54 Å². The number of carboxylic acids is 1. The molecule has 1 aromatic carbocycles. The maximum absolute atomic E-state index is 12.2. The summed E-state index contributed by atoms with van der Waals surface area (Å²) in [6.45, 7) is 0.0261. The van der Waals surface area contributed by atoms with E-state index >= 15 is 0 Å². The predicted octanol–water partition coefficient (Wildman–Crippen LogP) is -0.397. The van der Waals surface area contributed by atoms with E-state index in [1.54, 1.807) is 0 Å². The van der Waals surface area contributed by atoms with Crippen LogP contribution < -0.4 is 5.73 Å². The number of β-amino-alcohol motifs (C(OH)–C–C–N with tert-alkyl or cyclic N) is 1. The van der Waals surface area contributed by atoms with E-state index in [1.807, 2.05) is 30.3 Å². The van der Waals surface area contributed by atoms with Gasteiger partial charge in [0.25, 0.3) is 0 Å². The summed E-state index contributed by atoms with van der Waals surface area (Å²) in [4.78, 5) is 24.5. The maximum Gasteiger partial charge on any atom is 0.326 e. The molecule has 1 fully saturated rings. The van der Waals surface area contributed by atoms with Crippen molar-refractivity contribution in [1.29, 1.82) is 0 Å². The summed E-state index contributed by atoms with van der Waals surface area (Å²) < 4.78 is 0. The van der Waals surface area contributed by atoms with Crippen LogP contribution >= 0.6 is 0 Å². The topological polar surface area (TPSA) is 104 Å². The number of nitrogens with two attached hydrogens (primary N) is 1. The molecule has 6 heteroatoms. The van der Waals surface area contributed by atoms with Crippen LogP contribution in [0.5, 0.6) is 0 Å². The molecule has 108 valence electrons. The predicted molar refractivity (Wildman–Crippen MR) is 71.9 cm³/mol. The minimum absolute atomic E-state index is 0.0261. The van der Waals surface area contributed by atoms with Gasteiger partial charge in [-0.05, 0) is 12.0 Å². The Kier molecular flexibility index (Phi) is 4.36. The van der Waals surface area contributed by atoms with Crippen molar-refractivity contribution in [2.45, 2.75) is 31.0 Å². The van der Waals surface area contributed by atoms with Crippen LogP contribution in [-0.4, -0.2) is 51.7 Å². The monoisotopic (exact) mass is 278 g/mol. The maximum atomic E-state index is 12.2. The zero-order valence-corrected chi connectivity index (χ0v) is 11.0. The van der Waals surface area contributed by atoms with Gasteiger partial charge in [-0.1, -0.05) is 30.3 Å². The van der Waals surface area contributed by atoms with Gasteiger partial charge in [-0.15, -0.1) is 0 Å². The molecule has 1 saturated heterocycles. The first kappa shape index (κ1) is 14.5. The van der Waals surface area contributed by atoms with E-state index in [0.29, 0.717) is 6.42 Å². The van der Waals surface area contributed by atoms with Crippen LogP contribution in [0, 0.1) is 0 Å². The fourth-order valence-corrected chi connectivity index (χ4v) is 2.46. The molecule has 0 aliphatic carbocycles. The minimum Gasteiger partial charge on any atom is -0.480 e. The van der Waals surface area contributed by atoms with Crippen molar-refractivity contribution >= 4 is 11.9 Å². The van der Waals surface area contributed by atoms with Crippen LogP contribution in [0.25, 0.3) is 0 Å². The van der Waals surface area contributed by atoms with Crippen molar-refractivity contribution < 1.29 is 19.8 Å². The van der Waals surface area contributed by atoms with E-state index in [4.69, 9.17) is 10.8 Å². The third kappa shape index (κ3) is 3.15. The molecule has 0 saturated carbocycles. The quantitative estimate of drug-likeness (QED) is 0.695. The molecule has 0 aromatic heterocycles. The van der Waals surface area contributed by atoms with E-state index in [0.717, 1.165) is 5.56 Å². The van der Waals surface area contributed by atoms with Crippen molar-refractivity contribution in [3.05, 3.63) is 35.9 Å². The zero-order chi connectivity index (χ0) is 14.7. The van der Waals surface area contributed by atoms with Crippen molar-refractivity contribution in [1.82, 2.24) is 4.90 Å². The molecule has 1 heterocycles. The Hall–Kier alpha value is -1.92. The normalized spacial score (nSPS) is 23.6. The van der Waals surface area contributed by atoms with Gasteiger partial charge in [0.1, 0.15) is 6.04 Å². The molecule has 2 unspecified atom stereocenters. The van der Waals surface area contributed by atoms with E-state index in [1.165, 1.54) is 4.90 Å². The van der Waals surface area contributed by atoms with Crippen molar-refractivity contribution in [3.8, 4) is 0 Å². The molecule has 6 nitrogen and oxygen atoms in total. The van der Waals surface area contributed by atoms with Crippen LogP contribution in [0.3, 0.4) is 0 Å². The number of amides is 1. The standard InChI is InChI=1S/C14H18N2O4/c15-11(6-9-4-2-1-3-5-9)13(18)16-8-10(17)7-12(16)14(19)20/h1-5,10-12,17H,6-8,15H2,(H,19,20)/t10?,11-,12?/m0/s1. The molecule has 3 atom stereocenters. The lowest BCUT2D eigenvalue weighted by molar-refractivity contribution is -0.148. The van der Waals surface area contributed by atoms with Gasteiger partial charge in [-0.25, -0.2) is 4.79 Å². The molecule has 4 N–H and O–H groups in total. The Morgan fingerprint density at radius 1 is 1.35 bits per heavy atom. The second-order valence-electron chi connectivity index (χ2n) is 5.03. The molecule has 2 rings (SSSR count). The van der Waals surface area contributed by atoms with Gasteiger partial charge in [0.05, 0.1) is 12.1 Å². The highest BCUT2D eigenvalue weighted by molar-refractivity contribution is 5.87. The third-order valence-electron chi connectivity index (χ3n) is 3.46. The Labute approximate surface area is 116 Å². The number of carbonyl (C=O) groups is 2. The number of nitrogens with zero attached hydrogens (tertiary/aromatic N) is 1. The highest BCUT2D eigenvalue weighted by atomic mass is 16.4. The number of benzene rings is 1. The number of rotatable bonds is 4. The van der Waals surface area contributed by atoms with E-state index < -0.39 is 30.1 Å². The van der Waals surface area contributed by atoms with Crippen LogP contribution in [-0.2, 0) is 16.0 Å². The van der Waals surface area contributed by atoms with Gasteiger partial charge >= 0.3 is 5.97 Å². The lowest BCUT2D eigenvalue weighted by Crippen LogP contribution is -2.49. The second kappa shape index (κ2) is 6.02. The van der Waals surface area contributed by atoms with Gasteiger partial charge in [0.2, 0.25) is 5.91 Å². The smallest absolute Gasteiger partial charge is 0.326 e. The fraction of sp³-hybridized carbons (Fsp3) is 0.429. The van der Waals surface area contributed by atoms with E-state index in [2.05, 4.69) is 0 Å². The fourth-order valence-electron chi connectivity index (χ4n) is 2.46. The first-order chi connectivity index (χ1) is 9.49. The van der Waals surface area contributed by atoms with E-state index in [9.17, 15) is 14.7 Å². The summed E-state index contributed by atoms with van der Waals surface area (Å²) in [6, 6.07) is 7.51. The van der Waals surface area contributed by atoms with Gasteiger partial charge in [-0.2, -0.15) is 0 Å². The second-order valence-corrected chi connectivity index (χ2v) is 5.03. The molecule has 1 amide bonds. The summed E-state index contributed by atoms with van der Waals surface area (Å²) in [6.07, 6.45) is -0.401. The van der Waals surface area contributed by atoms with E-state index in [-0.39, 0.29) is 13.0 Å². The number of carboxylic acid groups (broad SMARTS) is 1. The minimum atomic E-state index is -1.11. The first-order valence-corrected chi connectivity index (χ1v) is 6.50. The Balaban J connectivity index is 2.04. The largest absolute Gasteiger partial charge is 0.480 e. The summed E-state index contributed by atoms with van der Waals surface area (Å²) in [7, 11) is 0. The van der Waals surface area contributed by atoms with Gasteiger partial charge in [-0.3, -0.25) is 4.79 Å². The van der Waals surface area contributed by atoms with Gasteiger partial charge < -0.3 is 20.8 Å². The summed E-state index contributed by atoms with van der Waals surface area (Å²) in [5, 5.41) is 18.6. The number of hydrogen-bond acceptors (Lipinski definition) is 4. The number of aliphatic carboxylic acids is 1. The third-order valence-corrected chi connectivity index (χ3v) is 3.46. The number of hydrogen-bond donors (Lipinski definition) is 3. The number of aliphatic hydroxyl groups is 1. The first-order valence-electron chi connectivity index (χ1n) is 6.50. The van der Waals surface area contributed by atoms with Gasteiger partial charge in [0.15, 0.2) is 0 Å².